The van der Waals surface area contributed by atoms with Crippen LogP contribution in [-0.2, 0) is 0 Å². The second-order valence-electron chi connectivity index (χ2n) is 7.95. The maximum absolute atomic E-state index is 14.0. The molecule has 3 aromatic heterocycles. The number of nitrogens with zero attached hydrogens (tertiary/aromatic N) is 4. The van der Waals surface area contributed by atoms with Gasteiger partial charge in [0, 0.05) is 6.07 Å². The summed E-state index contributed by atoms with van der Waals surface area (Å²) in [6.07, 6.45) is 0. The number of rotatable bonds is 4. The van der Waals surface area contributed by atoms with E-state index in [4.69, 9.17) is 22.6 Å². The van der Waals surface area contributed by atoms with Crippen molar-refractivity contribution in [2.75, 3.05) is 16.4 Å². The lowest BCUT2D eigenvalue weighted by molar-refractivity contribution is 0.602. The van der Waals surface area contributed by atoms with Crippen molar-refractivity contribution in [3.63, 3.8) is 0 Å². The van der Waals surface area contributed by atoms with Crippen LogP contribution in [0.4, 0.5) is 50.8 Å². The number of anilines is 5. The van der Waals surface area contributed by atoms with Gasteiger partial charge in [-0.15, -0.1) is 0 Å². The molecular formula is C25H16ClF5N8. The van der Waals surface area contributed by atoms with Crippen molar-refractivity contribution in [2.45, 2.75) is 6.92 Å². The van der Waals surface area contributed by atoms with E-state index in [1.807, 2.05) is 6.92 Å². The number of halogens is 6. The number of nitrogens with two attached hydrogens (primary N) is 1. The second-order valence-corrected chi connectivity index (χ2v) is 8.31. The van der Waals surface area contributed by atoms with Gasteiger partial charge in [0.25, 0.3) is 0 Å². The molecule has 5 rings (SSSR count). The number of benzene rings is 2. The van der Waals surface area contributed by atoms with E-state index in [9.17, 15) is 22.0 Å². The largest absolute Gasteiger partial charge is 0.384 e. The monoisotopic (exact) mass is 558 g/mol. The SMILES string of the molecule is Cc1ccc(F)c(Nc2nc3n[nH]c(N)c3cc2F)c1.N#Cc1cc(F)c(Nc2cc(F)ccc2F)nc1Cl. The van der Waals surface area contributed by atoms with Crippen LogP contribution in [-0.4, -0.2) is 20.2 Å². The normalized spacial score (nSPS) is 10.5. The van der Waals surface area contributed by atoms with Gasteiger partial charge in [0.15, 0.2) is 28.9 Å². The highest BCUT2D eigenvalue weighted by Crippen LogP contribution is 2.27. The van der Waals surface area contributed by atoms with E-state index < -0.39 is 34.9 Å². The molecule has 0 amide bonds. The van der Waals surface area contributed by atoms with E-state index in [0.717, 1.165) is 29.8 Å². The molecule has 8 nitrogen and oxygen atoms in total. The Kier molecular flexibility index (Phi) is 7.78. The quantitative estimate of drug-likeness (QED) is 0.144. The van der Waals surface area contributed by atoms with Gasteiger partial charge in [-0.2, -0.15) is 10.4 Å². The van der Waals surface area contributed by atoms with E-state index in [1.54, 1.807) is 18.2 Å². The average molecular weight is 559 g/mol. The molecule has 2 aromatic carbocycles. The molecule has 0 bridgehead atoms. The van der Waals surface area contributed by atoms with E-state index >= 15 is 0 Å². The molecule has 0 aliphatic heterocycles. The van der Waals surface area contributed by atoms with E-state index in [1.165, 1.54) is 12.1 Å². The Morgan fingerprint density at radius 2 is 1.46 bits per heavy atom. The lowest BCUT2D eigenvalue weighted by atomic mass is 10.2. The lowest BCUT2D eigenvalue weighted by Gasteiger charge is -2.08. The van der Waals surface area contributed by atoms with Crippen LogP contribution in [0.3, 0.4) is 0 Å². The fourth-order valence-corrected chi connectivity index (χ4v) is 3.42. The molecule has 14 heteroatoms. The number of hydrogen-bond acceptors (Lipinski definition) is 7. The molecule has 5 aromatic rings. The summed E-state index contributed by atoms with van der Waals surface area (Å²) in [7, 11) is 0. The second kappa shape index (κ2) is 11.2. The van der Waals surface area contributed by atoms with Crippen LogP contribution in [0.25, 0.3) is 11.0 Å². The predicted octanol–water partition coefficient (Wildman–Crippen LogP) is 6.64. The van der Waals surface area contributed by atoms with Crippen molar-refractivity contribution in [2.24, 2.45) is 0 Å². The molecule has 0 radical (unpaired) electrons. The summed E-state index contributed by atoms with van der Waals surface area (Å²) < 4.78 is 67.5. The van der Waals surface area contributed by atoms with Gasteiger partial charge in [-0.25, -0.2) is 31.9 Å². The Bertz CT molecular complexity index is 1730. The highest BCUT2D eigenvalue weighted by atomic mass is 35.5. The Labute approximate surface area is 222 Å². The van der Waals surface area contributed by atoms with Crippen molar-refractivity contribution in [3.8, 4) is 6.07 Å². The first-order valence-electron chi connectivity index (χ1n) is 10.9. The molecule has 0 atom stereocenters. The first-order valence-corrected chi connectivity index (χ1v) is 11.2. The zero-order valence-electron chi connectivity index (χ0n) is 19.8. The predicted molar refractivity (Wildman–Crippen MR) is 136 cm³/mol. The minimum absolute atomic E-state index is 0.103. The highest BCUT2D eigenvalue weighted by molar-refractivity contribution is 6.30. The summed E-state index contributed by atoms with van der Waals surface area (Å²) >= 11 is 5.63. The van der Waals surface area contributed by atoms with Crippen molar-refractivity contribution >= 4 is 51.5 Å². The summed E-state index contributed by atoms with van der Waals surface area (Å²) in [4.78, 5) is 7.56. The number of nitrogen functional groups attached to an aromatic ring is 1. The average Bonchev–Trinajstić information content (AvgIpc) is 3.25. The van der Waals surface area contributed by atoms with Gasteiger partial charge in [-0.3, -0.25) is 5.10 Å². The third kappa shape index (κ3) is 6.13. The summed E-state index contributed by atoms with van der Waals surface area (Å²) in [6, 6.07) is 10.9. The molecule has 3 heterocycles. The summed E-state index contributed by atoms with van der Waals surface area (Å²) in [5.41, 5.74) is 6.42. The van der Waals surface area contributed by atoms with Crippen LogP contribution < -0.4 is 16.4 Å². The Morgan fingerprint density at radius 3 is 2.15 bits per heavy atom. The molecule has 0 saturated carbocycles. The Morgan fingerprint density at radius 1 is 0.846 bits per heavy atom. The van der Waals surface area contributed by atoms with Crippen LogP contribution in [0.2, 0.25) is 5.15 Å². The molecule has 0 unspecified atom stereocenters. The van der Waals surface area contributed by atoms with Gasteiger partial charge in [0.1, 0.15) is 34.5 Å². The number of aryl methyl sites for hydroxylation is 1. The van der Waals surface area contributed by atoms with Crippen molar-refractivity contribution in [1.29, 1.82) is 5.26 Å². The maximum atomic E-state index is 14.0. The summed E-state index contributed by atoms with van der Waals surface area (Å²) in [5.74, 6) is -3.75. The molecule has 0 fully saturated rings. The number of nitriles is 1. The third-order valence-corrected chi connectivity index (χ3v) is 5.42. The molecule has 0 aliphatic rings. The zero-order valence-corrected chi connectivity index (χ0v) is 20.5. The van der Waals surface area contributed by atoms with Gasteiger partial charge >= 0.3 is 0 Å². The summed E-state index contributed by atoms with van der Waals surface area (Å²) in [6.45, 7) is 1.81. The van der Waals surface area contributed by atoms with Crippen LogP contribution in [0, 0.1) is 47.3 Å². The third-order valence-electron chi connectivity index (χ3n) is 5.13. The number of nitrogens with one attached hydrogen (secondary N) is 3. The fourth-order valence-electron chi connectivity index (χ4n) is 3.24. The topological polar surface area (TPSA) is 128 Å². The first-order chi connectivity index (χ1) is 18.5. The molecule has 198 valence electrons. The lowest BCUT2D eigenvalue weighted by Crippen LogP contribution is -2.01. The number of pyridine rings is 2. The van der Waals surface area contributed by atoms with Crippen LogP contribution in [0.15, 0.2) is 48.5 Å². The maximum Gasteiger partial charge on any atom is 0.185 e. The smallest absolute Gasteiger partial charge is 0.185 e. The highest BCUT2D eigenvalue weighted by Gasteiger charge is 2.14. The minimum atomic E-state index is -0.899. The molecule has 39 heavy (non-hydrogen) atoms. The molecule has 0 aliphatic carbocycles. The summed E-state index contributed by atoms with van der Waals surface area (Å²) in [5, 5.41) is 20.0. The number of aromatic amines is 1. The van der Waals surface area contributed by atoms with Gasteiger partial charge in [0.2, 0.25) is 0 Å². The molecule has 0 saturated heterocycles. The molecule has 5 N–H and O–H groups in total. The van der Waals surface area contributed by atoms with Crippen molar-refractivity contribution < 1.29 is 22.0 Å². The van der Waals surface area contributed by atoms with E-state index in [-0.39, 0.29) is 39.4 Å². The molecular weight excluding hydrogens is 543 g/mol. The van der Waals surface area contributed by atoms with E-state index in [2.05, 4.69) is 30.8 Å². The first kappa shape index (κ1) is 27.1. The standard InChI is InChI=1S/C13H11F2N5.C12H5ClF3N3/c1-6-2-3-8(14)10(4-6)17-13-9(15)5-7-11(16)19-20-12(7)18-13;13-11-6(5-17)3-9(16)12(19-11)18-10-4-7(14)1-2-8(10)15/h2-5H,1H3,(H4,16,17,18,19,20);1-4H,(H,18,19). The number of H-pyrrole nitrogens is 1. The zero-order chi connectivity index (χ0) is 28.3. The van der Waals surface area contributed by atoms with Gasteiger partial charge < -0.3 is 16.4 Å². The number of aromatic nitrogens is 4. The Hall–Kier alpha value is -4.96. The van der Waals surface area contributed by atoms with Crippen molar-refractivity contribution in [3.05, 3.63) is 93.9 Å². The molecule has 0 spiro atoms. The van der Waals surface area contributed by atoms with Gasteiger partial charge in [-0.1, -0.05) is 17.7 Å². The minimum Gasteiger partial charge on any atom is -0.384 e. The van der Waals surface area contributed by atoms with Crippen LogP contribution >= 0.6 is 11.6 Å². The van der Waals surface area contributed by atoms with Crippen LogP contribution in [0.1, 0.15) is 11.1 Å². The van der Waals surface area contributed by atoms with Gasteiger partial charge in [-0.05, 0) is 48.9 Å². The van der Waals surface area contributed by atoms with Gasteiger partial charge in [0.05, 0.1) is 22.3 Å². The van der Waals surface area contributed by atoms with Crippen LogP contribution in [0.5, 0.6) is 0 Å². The Balaban J connectivity index is 0.000000181. The number of fused-ring (bicyclic) bond motifs is 1. The van der Waals surface area contributed by atoms with E-state index in [0.29, 0.717) is 5.39 Å². The fraction of sp³-hybridized carbons (Fsp3) is 0.0400. The van der Waals surface area contributed by atoms with Crippen molar-refractivity contribution in [1.82, 2.24) is 20.2 Å². The number of hydrogen-bond donors (Lipinski definition) is 4.